The highest BCUT2D eigenvalue weighted by Crippen LogP contribution is 2.28. The third kappa shape index (κ3) is 3.13. The number of benzene rings is 1. The zero-order valence-electron chi connectivity index (χ0n) is 11.8. The number of halogens is 1. The molecule has 1 aliphatic rings. The monoisotopic (exact) mass is 290 g/mol. The van der Waals surface area contributed by atoms with Crippen molar-refractivity contribution < 1.29 is 9.50 Å². The molecule has 0 radical (unpaired) electrons. The summed E-state index contributed by atoms with van der Waals surface area (Å²) in [4.78, 5) is 16.4. The normalized spacial score (nSPS) is 17.4. The van der Waals surface area contributed by atoms with Gasteiger partial charge in [0.2, 0.25) is 0 Å². The van der Waals surface area contributed by atoms with Gasteiger partial charge in [0.05, 0.1) is 29.9 Å². The van der Waals surface area contributed by atoms with Crippen LogP contribution in [0.1, 0.15) is 32.1 Å². The Labute approximate surface area is 122 Å². The van der Waals surface area contributed by atoms with Crippen LogP contribution in [-0.4, -0.2) is 20.8 Å². The van der Waals surface area contributed by atoms with Crippen LogP contribution >= 0.6 is 0 Å². The Morgan fingerprint density at radius 3 is 2.90 bits per heavy atom. The molecule has 1 aliphatic carbocycles. The van der Waals surface area contributed by atoms with Crippen molar-refractivity contribution in [2.45, 2.75) is 44.8 Å². The molecule has 0 bridgehead atoms. The second-order valence-corrected chi connectivity index (χ2v) is 5.90. The fourth-order valence-corrected chi connectivity index (χ4v) is 3.19. The Bertz CT molecular complexity index is 692. The first-order valence-corrected chi connectivity index (χ1v) is 7.46. The molecule has 0 amide bonds. The van der Waals surface area contributed by atoms with Gasteiger partial charge in [0.1, 0.15) is 5.82 Å². The van der Waals surface area contributed by atoms with Gasteiger partial charge in [-0.25, -0.2) is 9.37 Å². The minimum absolute atomic E-state index is 0.231. The minimum atomic E-state index is -0.537. The lowest BCUT2D eigenvalue weighted by atomic mass is 10.00. The first kappa shape index (κ1) is 14.2. The topological polar surface area (TPSA) is 55.1 Å². The molecule has 1 atom stereocenters. The number of hydrogen-bond acceptors (Lipinski definition) is 3. The highest BCUT2D eigenvalue weighted by Gasteiger charge is 2.19. The summed E-state index contributed by atoms with van der Waals surface area (Å²) in [7, 11) is 0. The summed E-state index contributed by atoms with van der Waals surface area (Å²) in [5, 5.41) is 10.5. The molecular formula is C16H19FN2O2. The molecule has 0 saturated heterocycles. The highest BCUT2D eigenvalue weighted by molar-refractivity contribution is 5.77. The van der Waals surface area contributed by atoms with Gasteiger partial charge >= 0.3 is 0 Å². The molecule has 5 heteroatoms. The number of fused-ring (bicyclic) bond motifs is 1. The lowest BCUT2D eigenvalue weighted by Gasteiger charge is -2.16. The molecule has 2 aromatic rings. The maximum absolute atomic E-state index is 13.1. The molecule has 0 aliphatic heterocycles. The van der Waals surface area contributed by atoms with Crippen molar-refractivity contribution in [3.05, 3.63) is 40.7 Å². The van der Waals surface area contributed by atoms with Crippen LogP contribution in [0.2, 0.25) is 0 Å². The third-order valence-corrected chi connectivity index (χ3v) is 4.27. The third-order valence-electron chi connectivity index (χ3n) is 4.27. The molecule has 4 nitrogen and oxygen atoms in total. The van der Waals surface area contributed by atoms with Crippen LogP contribution in [0, 0.1) is 11.7 Å². The van der Waals surface area contributed by atoms with E-state index in [1.807, 2.05) is 0 Å². The molecule has 1 aromatic carbocycles. The van der Waals surface area contributed by atoms with Crippen molar-refractivity contribution >= 4 is 10.9 Å². The van der Waals surface area contributed by atoms with E-state index in [9.17, 15) is 14.3 Å². The van der Waals surface area contributed by atoms with Crippen molar-refractivity contribution in [2.24, 2.45) is 5.92 Å². The number of aliphatic hydroxyl groups is 1. The van der Waals surface area contributed by atoms with Gasteiger partial charge in [-0.1, -0.05) is 25.7 Å². The fraction of sp³-hybridized carbons (Fsp3) is 0.500. The zero-order valence-corrected chi connectivity index (χ0v) is 11.8. The lowest BCUT2D eigenvalue weighted by Crippen LogP contribution is -2.28. The molecule has 1 aromatic heterocycles. The molecule has 21 heavy (non-hydrogen) atoms. The van der Waals surface area contributed by atoms with Gasteiger partial charge in [-0.05, 0) is 24.5 Å². The first-order chi connectivity index (χ1) is 10.1. The predicted octanol–water partition coefficient (Wildman–Crippen LogP) is 2.48. The van der Waals surface area contributed by atoms with E-state index in [0.29, 0.717) is 16.8 Å². The number of nitrogens with zero attached hydrogens (tertiary/aromatic N) is 2. The highest BCUT2D eigenvalue weighted by atomic mass is 19.1. The van der Waals surface area contributed by atoms with Crippen molar-refractivity contribution in [3.63, 3.8) is 0 Å². The van der Waals surface area contributed by atoms with Gasteiger partial charge in [0.15, 0.2) is 0 Å². The van der Waals surface area contributed by atoms with E-state index in [0.717, 1.165) is 6.42 Å². The van der Waals surface area contributed by atoms with E-state index in [1.54, 1.807) is 0 Å². The second kappa shape index (κ2) is 5.93. The van der Waals surface area contributed by atoms with Gasteiger partial charge in [-0.15, -0.1) is 0 Å². The van der Waals surface area contributed by atoms with E-state index in [-0.39, 0.29) is 12.1 Å². The van der Waals surface area contributed by atoms with Gasteiger partial charge in [-0.3, -0.25) is 9.36 Å². The molecule has 1 unspecified atom stereocenters. The number of rotatable bonds is 4. The standard InChI is InChI=1S/C16H19FN2O2/c17-12-5-6-14-15(8-12)18-10-19(16(14)21)9-13(20)7-11-3-1-2-4-11/h5-6,8,10-11,13,20H,1-4,7,9H2. The number of hydrogen-bond donors (Lipinski definition) is 1. The number of aliphatic hydroxyl groups excluding tert-OH is 1. The van der Waals surface area contributed by atoms with E-state index < -0.39 is 11.9 Å². The van der Waals surface area contributed by atoms with E-state index in [1.165, 1.54) is 54.8 Å². The summed E-state index contributed by atoms with van der Waals surface area (Å²) < 4.78 is 14.5. The summed E-state index contributed by atoms with van der Waals surface area (Å²) >= 11 is 0. The smallest absolute Gasteiger partial charge is 0.261 e. The summed E-state index contributed by atoms with van der Waals surface area (Å²) in [6, 6.07) is 3.95. The quantitative estimate of drug-likeness (QED) is 0.941. The fourth-order valence-electron chi connectivity index (χ4n) is 3.19. The van der Waals surface area contributed by atoms with E-state index in [4.69, 9.17) is 0 Å². The molecule has 1 fully saturated rings. The summed E-state index contributed by atoms with van der Waals surface area (Å²) in [5.41, 5.74) is 0.118. The van der Waals surface area contributed by atoms with Gasteiger partial charge in [0, 0.05) is 6.07 Å². The van der Waals surface area contributed by atoms with Crippen molar-refractivity contribution in [1.82, 2.24) is 9.55 Å². The first-order valence-electron chi connectivity index (χ1n) is 7.46. The molecule has 0 spiro atoms. The molecule has 1 N–H and O–H groups in total. The molecule has 1 heterocycles. The summed E-state index contributed by atoms with van der Waals surface area (Å²) in [5.74, 6) is 0.159. The Hall–Kier alpha value is -1.75. The van der Waals surface area contributed by atoms with Crippen LogP contribution < -0.4 is 5.56 Å². The largest absolute Gasteiger partial charge is 0.391 e. The molecule has 3 rings (SSSR count). The van der Waals surface area contributed by atoms with E-state index >= 15 is 0 Å². The van der Waals surface area contributed by atoms with Gasteiger partial charge in [-0.2, -0.15) is 0 Å². The minimum Gasteiger partial charge on any atom is -0.391 e. The van der Waals surface area contributed by atoms with Gasteiger partial charge in [0.25, 0.3) is 5.56 Å². The van der Waals surface area contributed by atoms with Crippen LogP contribution in [0.3, 0.4) is 0 Å². The average molecular weight is 290 g/mol. The summed E-state index contributed by atoms with van der Waals surface area (Å²) in [6.07, 6.45) is 6.39. The molecule has 112 valence electrons. The van der Waals surface area contributed by atoms with Crippen LogP contribution in [0.15, 0.2) is 29.3 Å². The second-order valence-electron chi connectivity index (χ2n) is 5.90. The van der Waals surface area contributed by atoms with Crippen LogP contribution in [0.4, 0.5) is 4.39 Å². The van der Waals surface area contributed by atoms with E-state index in [2.05, 4.69) is 4.98 Å². The molecule has 1 saturated carbocycles. The Kier molecular flexibility index (Phi) is 4.01. The Morgan fingerprint density at radius 1 is 1.38 bits per heavy atom. The number of aromatic nitrogens is 2. The van der Waals surface area contributed by atoms with Crippen molar-refractivity contribution in [1.29, 1.82) is 0 Å². The zero-order chi connectivity index (χ0) is 14.8. The van der Waals surface area contributed by atoms with Crippen LogP contribution in [0.5, 0.6) is 0 Å². The van der Waals surface area contributed by atoms with Crippen LogP contribution in [-0.2, 0) is 6.54 Å². The summed E-state index contributed by atoms with van der Waals surface area (Å²) in [6.45, 7) is 0.246. The maximum atomic E-state index is 13.1. The van der Waals surface area contributed by atoms with Gasteiger partial charge < -0.3 is 5.11 Å². The van der Waals surface area contributed by atoms with Crippen molar-refractivity contribution in [2.75, 3.05) is 0 Å². The predicted molar refractivity (Wildman–Crippen MR) is 78.5 cm³/mol. The lowest BCUT2D eigenvalue weighted by molar-refractivity contribution is 0.123. The van der Waals surface area contributed by atoms with Crippen molar-refractivity contribution in [3.8, 4) is 0 Å². The maximum Gasteiger partial charge on any atom is 0.261 e. The van der Waals surface area contributed by atoms with Crippen LogP contribution in [0.25, 0.3) is 10.9 Å². The molecular weight excluding hydrogens is 271 g/mol. The Balaban J connectivity index is 1.78. The SMILES string of the molecule is O=c1c2ccc(F)cc2ncn1CC(O)CC1CCCC1. The Morgan fingerprint density at radius 2 is 2.14 bits per heavy atom. The average Bonchev–Trinajstić information content (AvgIpc) is 2.94.